The Hall–Kier alpha value is -1.87. The molecule has 0 saturated carbocycles. The van der Waals surface area contributed by atoms with Gasteiger partial charge in [-0.05, 0) is 54.5 Å². The van der Waals surface area contributed by atoms with Crippen LogP contribution in [0.1, 0.15) is 27.1 Å². The summed E-state index contributed by atoms with van der Waals surface area (Å²) in [6.45, 7) is 5.73. The third-order valence-electron chi connectivity index (χ3n) is 3.95. The molecule has 2 aromatic rings. The maximum atomic E-state index is 12.3. The van der Waals surface area contributed by atoms with E-state index >= 15 is 0 Å². The number of thiophene rings is 1. The molecule has 0 radical (unpaired) electrons. The fraction of sp³-hybridized carbons (Fsp3) is 0.278. The number of amides is 1. The van der Waals surface area contributed by atoms with Gasteiger partial charge in [-0.3, -0.25) is 4.79 Å². The van der Waals surface area contributed by atoms with Crippen molar-refractivity contribution in [3.8, 4) is 0 Å². The Morgan fingerprint density at radius 2 is 2.14 bits per heavy atom. The number of benzene rings is 1. The highest BCUT2D eigenvalue weighted by atomic mass is 32.1. The lowest BCUT2D eigenvalue weighted by molar-refractivity contribution is -0.126. The molecule has 1 aromatic heterocycles. The molecule has 1 amide bonds. The van der Waals surface area contributed by atoms with Crippen LogP contribution in [0, 0.1) is 13.8 Å². The Bertz CT molecular complexity index is 699. The van der Waals surface area contributed by atoms with E-state index in [2.05, 4.69) is 43.5 Å². The van der Waals surface area contributed by atoms with E-state index in [1.54, 1.807) is 17.4 Å². The number of nitrogens with zero attached hydrogens (tertiary/aromatic N) is 1. The molecule has 1 aliphatic heterocycles. The molecular weight excluding hydrogens is 278 g/mol. The van der Waals surface area contributed by atoms with Gasteiger partial charge in [-0.25, -0.2) is 0 Å². The fourth-order valence-electron chi connectivity index (χ4n) is 2.72. The molecule has 1 aromatic carbocycles. The van der Waals surface area contributed by atoms with Gasteiger partial charge < -0.3 is 4.90 Å². The van der Waals surface area contributed by atoms with E-state index in [-0.39, 0.29) is 5.91 Å². The molecule has 3 heteroatoms. The second-order valence-electron chi connectivity index (χ2n) is 5.57. The van der Waals surface area contributed by atoms with Gasteiger partial charge in [-0.2, -0.15) is 0 Å². The Morgan fingerprint density at radius 3 is 2.95 bits per heavy atom. The lowest BCUT2D eigenvalue weighted by Gasteiger charge is -2.25. The summed E-state index contributed by atoms with van der Waals surface area (Å²) in [7, 11) is 0. The highest BCUT2D eigenvalue weighted by molar-refractivity contribution is 7.10. The van der Waals surface area contributed by atoms with E-state index in [4.69, 9.17) is 0 Å². The van der Waals surface area contributed by atoms with Crippen molar-refractivity contribution in [2.75, 3.05) is 6.54 Å². The number of hydrogen-bond acceptors (Lipinski definition) is 2. The summed E-state index contributed by atoms with van der Waals surface area (Å²) >= 11 is 1.80. The highest BCUT2D eigenvalue weighted by Gasteiger charge is 2.19. The van der Waals surface area contributed by atoms with Crippen LogP contribution in [0.25, 0.3) is 6.08 Å². The smallest absolute Gasteiger partial charge is 0.246 e. The number of rotatable bonds is 2. The van der Waals surface area contributed by atoms with E-state index in [0.717, 1.165) is 25.1 Å². The van der Waals surface area contributed by atoms with Crippen LogP contribution in [0.15, 0.2) is 35.7 Å². The SMILES string of the molecule is Cc1ccc(/C=C/C(=O)N2CCc3sccc3C2)c(C)c1. The summed E-state index contributed by atoms with van der Waals surface area (Å²) in [5.41, 5.74) is 4.87. The fourth-order valence-corrected chi connectivity index (χ4v) is 3.61. The van der Waals surface area contributed by atoms with Crippen LogP contribution in [0.3, 0.4) is 0 Å². The highest BCUT2D eigenvalue weighted by Crippen LogP contribution is 2.24. The van der Waals surface area contributed by atoms with Gasteiger partial charge in [0.1, 0.15) is 0 Å². The first kappa shape index (κ1) is 14.1. The Labute approximate surface area is 129 Å². The molecule has 3 rings (SSSR count). The lowest BCUT2D eigenvalue weighted by atomic mass is 10.1. The zero-order valence-electron chi connectivity index (χ0n) is 12.4. The molecule has 21 heavy (non-hydrogen) atoms. The van der Waals surface area contributed by atoms with Crippen molar-refractivity contribution in [3.63, 3.8) is 0 Å². The van der Waals surface area contributed by atoms with Crippen molar-refractivity contribution in [3.05, 3.63) is 62.9 Å². The molecule has 0 spiro atoms. The summed E-state index contributed by atoms with van der Waals surface area (Å²) in [6.07, 6.45) is 4.62. The summed E-state index contributed by atoms with van der Waals surface area (Å²) in [5.74, 6) is 0.104. The predicted molar refractivity (Wildman–Crippen MR) is 88.4 cm³/mol. The second-order valence-corrected chi connectivity index (χ2v) is 6.57. The summed E-state index contributed by atoms with van der Waals surface area (Å²) in [6, 6.07) is 8.42. The number of carbonyl (C=O) groups is 1. The Balaban J connectivity index is 1.70. The largest absolute Gasteiger partial charge is 0.334 e. The molecule has 0 saturated heterocycles. The van der Waals surface area contributed by atoms with Crippen LogP contribution < -0.4 is 0 Å². The molecule has 0 unspecified atom stereocenters. The van der Waals surface area contributed by atoms with E-state index < -0.39 is 0 Å². The summed E-state index contributed by atoms with van der Waals surface area (Å²) in [4.78, 5) is 15.7. The van der Waals surface area contributed by atoms with Gasteiger partial charge in [0.2, 0.25) is 5.91 Å². The first-order chi connectivity index (χ1) is 10.1. The van der Waals surface area contributed by atoms with Crippen molar-refractivity contribution in [2.24, 2.45) is 0 Å². The van der Waals surface area contributed by atoms with Crippen molar-refractivity contribution < 1.29 is 4.79 Å². The zero-order chi connectivity index (χ0) is 14.8. The van der Waals surface area contributed by atoms with Gasteiger partial charge in [-0.1, -0.05) is 23.8 Å². The summed E-state index contributed by atoms with van der Waals surface area (Å²) in [5, 5.41) is 2.12. The van der Waals surface area contributed by atoms with Crippen LogP contribution >= 0.6 is 11.3 Å². The minimum atomic E-state index is 0.104. The third kappa shape index (κ3) is 3.08. The van der Waals surface area contributed by atoms with Crippen LogP contribution in [-0.4, -0.2) is 17.4 Å². The maximum Gasteiger partial charge on any atom is 0.246 e. The molecule has 0 bridgehead atoms. The van der Waals surface area contributed by atoms with Gasteiger partial charge in [0.15, 0.2) is 0 Å². The third-order valence-corrected chi connectivity index (χ3v) is 4.97. The van der Waals surface area contributed by atoms with Crippen LogP contribution in [0.4, 0.5) is 0 Å². The van der Waals surface area contributed by atoms with Gasteiger partial charge in [-0.15, -0.1) is 11.3 Å². The molecule has 1 aliphatic rings. The van der Waals surface area contributed by atoms with Crippen molar-refractivity contribution >= 4 is 23.3 Å². The lowest BCUT2D eigenvalue weighted by Crippen LogP contribution is -2.34. The zero-order valence-corrected chi connectivity index (χ0v) is 13.2. The Morgan fingerprint density at radius 1 is 1.29 bits per heavy atom. The minimum Gasteiger partial charge on any atom is -0.334 e. The van der Waals surface area contributed by atoms with E-state index in [1.807, 2.05) is 11.0 Å². The number of aryl methyl sites for hydroxylation is 2. The van der Waals surface area contributed by atoms with E-state index in [9.17, 15) is 4.79 Å². The molecule has 0 N–H and O–H groups in total. The molecular formula is C18H19NOS. The second kappa shape index (κ2) is 5.86. The number of hydrogen-bond donors (Lipinski definition) is 0. The monoisotopic (exact) mass is 297 g/mol. The molecule has 0 fully saturated rings. The molecule has 108 valence electrons. The van der Waals surface area contributed by atoms with Crippen LogP contribution in [0.2, 0.25) is 0 Å². The maximum absolute atomic E-state index is 12.3. The van der Waals surface area contributed by atoms with E-state index in [1.165, 1.54) is 21.6 Å². The molecule has 2 nitrogen and oxygen atoms in total. The van der Waals surface area contributed by atoms with Gasteiger partial charge in [0.05, 0.1) is 0 Å². The van der Waals surface area contributed by atoms with Crippen LogP contribution in [0.5, 0.6) is 0 Å². The predicted octanol–water partition coefficient (Wildman–Crippen LogP) is 3.96. The standard InChI is InChI=1S/C18H19NOS/c1-13-3-4-15(14(2)11-13)5-6-18(20)19-9-7-17-16(12-19)8-10-21-17/h3-6,8,10-11H,7,9,12H2,1-2H3/b6-5+. The average molecular weight is 297 g/mol. The van der Waals surface area contributed by atoms with Crippen LogP contribution in [-0.2, 0) is 17.8 Å². The first-order valence-electron chi connectivity index (χ1n) is 7.23. The number of carbonyl (C=O) groups excluding carboxylic acids is 1. The molecule has 0 atom stereocenters. The topological polar surface area (TPSA) is 20.3 Å². The molecule has 2 heterocycles. The minimum absolute atomic E-state index is 0.104. The van der Waals surface area contributed by atoms with Crippen molar-refractivity contribution in [1.82, 2.24) is 4.90 Å². The number of fused-ring (bicyclic) bond motifs is 1. The first-order valence-corrected chi connectivity index (χ1v) is 8.11. The normalized spacial score (nSPS) is 14.5. The summed E-state index contributed by atoms with van der Waals surface area (Å²) < 4.78 is 0. The molecule has 0 aliphatic carbocycles. The van der Waals surface area contributed by atoms with Gasteiger partial charge in [0.25, 0.3) is 0 Å². The Kier molecular flexibility index (Phi) is 3.93. The quantitative estimate of drug-likeness (QED) is 0.768. The van der Waals surface area contributed by atoms with Gasteiger partial charge in [0, 0.05) is 24.0 Å². The van der Waals surface area contributed by atoms with Gasteiger partial charge >= 0.3 is 0 Å². The average Bonchev–Trinajstić information content (AvgIpc) is 2.93. The van der Waals surface area contributed by atoms with E-state index in [0.29, 0.717) is 0 Å². The van der Waals surface area contributed by atoms with Crippen molar-refractivity contribution in [2.45, 2.75) is 26.8 Å². The van der Waals surface area contributed by atoms with Crippen molar-refractivity contribution in [1.29, 1.82) is 0 Å².